The van der Waals surface area contributed by atoms with Crippen molar-refractivity contribution < 1.29 is 23.9 Å². The molecule has 1 N–H and O–H groups in total. The van der Waals surface area contributed by atoms with Gasteiger partial charge >= 0.3 is 5.97 Å². The second kappa shape index (κ2) is 7.49. The fourth-order valence-corrected chi connectivity index (χ4v) is 3.64. The van der Waals surface area contributed by atoms with Crippen LogP contribution in [0.1, 0.15) is 22.5 Å². The highest BCUT2D eigenvalue weighted by Gasteiger charge is 2.31. The van der Waals surface area contributed by atoms with E-state index in [9.17, 15) is 19.2 Å². The van der Waals surface area contributed by atoms with E-state index in [-0.39, 0.29) is 36.1 Å². The first-order chi connectivity index (χ1) is 12.5. The van der Waals surface area contributed by atoms with E-state index in [4.69, 9.17) is 4.74 Å². The molecular formula is C18H16N2O5S. The first-order valence-corrected chi connectivity index (χ1v) is 8.72. The van der Waals surface area contributed by atoms with Crippen molar-refractivity contribution in [2.24, 2.45) is 0 Å². The molecule has 0 spiro atoms. The first-order valence-electron chi connectivity index (χ1n) is 7.90. The number of benzene rings is 1. The van der Waals surface area contributed by atoms with E-state index in [1.807, 2.05) is 30.3 Å². The number of anilines is 1. The van der Waals surface area contributed by atoms with Crippen molar-refractivity contribution in [1.82, 2.24) is 4.90 Å². The number of amides is 3. The van der Waals surface area contributed by atoms with Crippen LogP contribution >= 0.6 is 11.3 Å². The van der Waals surface area contributed by atoms with E-state index in [0.29, 0.717) is 5.69 Å². The van der Waals surface area contributed by atoms with Crippen LogP contribution in [0.2, 0.25) is 0 Å². The number of hydrogen-bond donors (Lipinski definition) is 1. The molecule has 0 radical (unpaired) electrons. The molecule has 1 aromatic carbocycles. The third-order valence-corrected chi connectivity index (χ3v) is 5.06. The van der Waals surface area contributed by atoms with Crippen molar-refractivity contribution in [2.45, 2.75) is 12.8 Å². The van der Waals surface area contributed by atoms with Gasteiger partial charge in [0.15, 0.2) is 0 Å². The second-order valence-corrected chi connectivity index (χ2v) is 6.69. The molecule has 7 nitrogen and oxygen atoms in total. The van der Waals surface area contributed by atoms with Crippen molar-refractivity contribution in [2.75, 3.05) is 19.0 Å². The Morgan fingerprint density at radius 1 is 1.15 bits per heavy atom. The van der Waals surface area contributed by atoms with Crippen LogP contribution in [0.15, 0.2) is 36.4 Å². The molecule has 2 heterocycles. The van der Waals surface area contributed by atoms with Gasteiger partial charge in [0, 0.05) is 17.7 Å². The molecule has 1 saturated heterocycles. The lowest BCUT2D eigenvalue weighted by atomic mass is 10.2. The van der Waals surface area contributed by atoms with Gasteiger partial charge in [-0.2, -0.15) is 0 Å². The Kier molecular flexibility index (Phi) is 5.13. The topological polar surface area (TPSA) is 92.8 Å². The Labute approximate surface area is 153 Å². The van der Waals surface area contributed by atoms with Crippen LogP contribution in [0.4, 0.5) is 5.69 Å². The van der Waals surface area contributed by atoms with Gasteiger partial charge in [-0.3, -0.25) is 19.3 Å². The molecule has 0 saturated carbocycles. The number of nitrogens with one attached hydrogen (secondary N) is 1. The molecule has 0 atom stereocenters. The minimum absolute atomic E-state index is 0.121. The van der Waals surface area contributed by atoms with Gasteiger partial charge in [-0.1, -0.05) is 30.3 Å². The minimum Gasteiger partial charge on any atom is -0.465 e. The Morgan fingerprint density at radius 2 is 1.81 bits per heavy atom. The lowest BCUT2D eigenvalue weighted by Crippen LogP contribution is -2.37. The molecular weight excluding hydrogens is 356 g/mol. The maximum absolute atomic E-state index is 12.3. The van der Waals surface area contributed by atoms with Crippen molar-refractivity contribution in [3.05, 3.63) is 41.3 Å². The van der Waals surface area contributed by atoms with Crippen molar-refractivity contribution in [1.29, 1.82) is 0 Å². The zero-order chi connectivity index (χ0) is 18.7. The Balaban J connectivity index is 1.82. The highest BCUT2D eigenvalue weighted by Crippen LogP contribution is 2.35. The van der Waals surface area contributed by atoms with Gasteiger partial charge in [0.2, 0.25) is 17.7 Å². The number of nitrogens with zero attached hydrogens (tertiary/aromatic N) is 1. The molecule has 134 valence electrons. The van der Waals surface area contributed by atoms with E-state index < -0.39 is 11.9 Å². The summed E-state index contributed by atoms with van der Waals surface area (Å²) >= 11 is 1.19. The second-order valence-electron chi connectivity index (χ2n) is 5.63. The molecule has 0 bridgehead atoms. The molecule has 8 heteroatoms. The molecule has 2 aromatic rings. The first kappa shape index (κ1) is 17.8. The molecule has 1 aromatic heterocycles. The maximum atomic E-state index is 12.3. The van der Waals surface area contributed by atoms with Crippen LogP contribution < -0.4 is 5.32 Å². The van der Waals surface area contributed by atoms with Crippen LogP contribution in [-0.4, -0.2) is 42.2 Å². The molecule has 3 amide bonds. The summed E-state index contributed by atoms with van der Waals surface area (Å²) in [7, 11) is 1.26. The highest BCUT2D eigenvalue weighted by atomic mass is 32.1. The lowest BCUT2D eigenvalue weighted by molar-refractivity contribution is -0.141. The Bertz CT molecular complexity index is 859. The Morgan fingerprint density at radius 3 is 2.42 bits per heavy atom. The summed E-state index contributed by atoms with van der Waals surface area (Å²) < 4.78 is 4.78. The van der Waals surface area contributed by atoms with Crippen molar-refractivity contribution >= 4 is 40.7 Å². The smallest absolute Gasteiger partial charge is 0.350 e. The molecule has 3 rings (SSSR count). The van der Waals surface area contributed by atoms with E-state index >= 15 is 0 Å². The highest BCUT2D eigenvalue weighted by molar-refractivity contribution is 7.18. The van der Waals surface area contributed by atoms with Crippen LogP contribution in [0, 0.1) is 0 Å². The molecule has 1 fully saturated rings. The predicted octanol–water partition coefficient (Wildman–Crippen LogP) is 2.29. The third-order valence-electron chi connectivity index (χ3n) is 3.89. The predicted molar refractivity (Wildman–Crippen MR) is 95.7 cm³/mol. The van der Waals surface area contributed by atoms with E-state index in [0.717, 1.165) is 15.3 Å². The number of carbonyl (C=O) groups is 4. The summed E-state index contributed by atoms with van der Waals surface area (Å²) in [5, 5.41) is 2.61. The van der Waals surface area contributed by atoms with E-state index in [2.05, 4.69) is 5.32 Å². The summed E-state index contributed by atoms with van der Waals surface area (Å²) in [6.07, 6.45) is 0.242. The average Bonchev–Trinajstić information content (AvgIpc) is 3.20. The molecule has 1 aliphatic heterocycles. The lowest BCUT2D eigenvalue weighted by Gasteiger charge is -2.13. The fourth-order valence-electron chi connectivity index (χ4n) is 2.61. The van der Waals surface area contributed by atoms with Crippen LogP contribution in [0.5, 0.6) is 0 Å². The van der Waals surface area contributed by atoms with Gasteiger partial charge in [0.25, 0.3) is 0 Å². The van der Waals surface area contributed by atoms with Gasteiger partial charge in [-0.05, 0) is 11.6 Å². The van der Waals surface area contributed by atoms with E-state index in [1.165, 1.54) is 18.4 Å². The number of methoxy groups -OCH3 is 1. The average molecular weight is 372 g/mol. The van der Waals surface area contributed by atoms with Gasteiger partial charge in [0.05, 0.1) is 12.8 Å². The van der Waals surface area contributed by atoms with Crippen molar-refractivity contribution in [3.63, 3.8) is 0 Å². The van der Waals surface area contributed by atoms with Gasteiger partial charge in [-0.15, -0.1) is 11.3 Å². The number of esters is 1. The summed E-state index contributed by atoms with van der Waals surface area (Å²) in [6.45, 7) is -0.366. The number of carbonyl (C=O) groups excluding carboxylic acids is 4. The number of hydrogen-bond acceptors (Lipinski definition) is 6. The summed E-state index contributed by atoms with van der Waals surface area (Å²) in [5.41, 5.74) is 1.19. The number of rotatable bonds is 5. The normalized spacial score (nSPS) is 13.8. The zero-order valence-electron chi connectivity index (χ0n) is 14.0. The van der Waals surface area contributed by atoms with Gasteiger partial charge < -0.3 is 10.1 Å². The number of imide groups is 1. The summed E-state index contributed by atoms with van der Waals surface area (Å²) in [5.74, 6) is -1.85. The maximum Gasteiger partial charge on any atom is 0.350 e. The van der Waals surface area contributed by atoms with Crippen LogP contribution in [-0.2, 0) is 19.1 Å². The Hall–Kier alpha value is -3.00. The molecule has 1 aliphatic rings. The minimum atomic E-state index is -0.569. The third kappa shape index (κ3) is 3.65. The number of ether oxygens (including phenoxy) is 1. The number of thiophene rings is 1. The largest absolute Gasteiger partial charge is 0.465 e. The number of likely N-dealkylation sites (tertiary alicyclic amines) is 1. The zero-order valence-corrected chi connectivity index (χ0v) is 14.8. The summed E-state index contributed by atoms with van der Waals surface area (Å²) in [6, 6.07) is 11.1. The molecule has 26 heavy (non-hydrogen) atoms. The van der Waals surface area contributed by atoms with Gasteiger partial charge in [0.1, 0.15) is 11.4 Å². The van der Waals surface area contributed by atoms with E-state index in [1.54, 1.807) is 6.07 Å². The SMILES string of the molecule is COC(=O)c1sc(-c2ccccc2)cc1NC(=O)CN1C(=O)CCC1=O. The van der Waals surface area contributed by atoms with Crippen LogP contribution in [0.25, 0.3) is 10.4 Å². The monoisotopic (exact) mass is 372 g/mol. The van der Waals surface area contributed by atoms with Crippen LogP contribution in [0.3, 0.4) is 0 Å². The molecule has 0 unspecified atom stereocenters. The molecule has 0 aliphatic carbocycles. The fraction of sp³-hybridized carbons (Fsp3) is 0.222. The standard InChI is InChI=1S/C18H16N2O5S/c1-25-18(24)17-12(9-13(26-17)11-5-3-2-4-6-11)19-14(21)10-20-15(22)7-8-16(20)23/h2-6,9H,7-8,10H2,1H3,(H,19,21). The van der Waals surface area contributed by atoms with Gasteiger partial charge in [-0.25, -0.2) is 4.79 Å². The quantitative estimate of drug-likeness (QED) is 0.642. The summed E-state index contributed by atoms with van der Waals surface area (Å²) in [4.78, 5) is 49.5. The van der Waals surface area contributed by atoms with Crippen molar-refractivity contribution in [3.8, 4) is 10.4 Å².